The van der Waals surface area contributed by atoms with Crippen LogP contribution in [0.2, 0.25) is 0 Å². The Bertz CT molecular complexity index is 248. The van der Waals surface area contributed by atoms with Gasteiger partial charge in [-0.05, 0) is 13.0 Å². The number of rotatable bonds is 8. The fourth-order valence-corrected chi connectivity index (χ4v) is 2.30. The molecule has 0 spiro atoms. The van der Waals surface area contributed by atoms with Crippen LogP contribution in [-0.4, -0.2) is 61.4 Å². The van der Waals surface area contributed by atoms with Gasteiger partial charge in [-0.25, -0.2) is 0 Å². The molecule has 0 aromatic carbocycles. The molecule has 106 valence electrons. The molecule has 1 fully saturated rings. The number of likely N-dealkylation sites (N-methyl/N-ethyl adjacent to an activating group) is 1. The largest absolute Gasteiger partial charge is 0.395 e. The highest BCUT2D eigenvalue weighted by molar-refractivity contribution is 5.80. The molecule has 1 amide bonds. The zero-order valence-electron chi connectivity index (χ0n) is 11.5. The van der Waals surface area contributed by atoms with Gasteiger partial charge in [0.25, 0.3) is 0 Å². The first-order valence-corrected chi connectivity index (χ1v) is 6.95. The molecular formula is C13H26N2O3. The van der Waals surface area contributed by atoms with Crippen molar-refractivity contribution < 1.29 is 14.6 Å². The average Bonchev–Trinajstić information content (AvgIpc) is 2.82. The van der Waals surface area contributed by atoms with Crippen LogP contribution in [0.4, 0.5) is 0 Å². The Labute approximate surface area is 109 Å². The van der Waals surface area contributed by atoms with E-state index < -0.39 is 0 Å². The van der Waals surface area contributed by atoms with Gasteiger partial charge in [0, 0.05) is 19.1 Å². The van der Waals surface area contributed by atoms with Crippen LogP contribution in [-0.2, 0) is 9.53 Å². The van der Waals surface area contributed by atoms with Gasteiger partial charge in [-0.2, -0.15) is 0 Å². The highest BCUT2D eigenvalue weighted by Crippen LogP contribution is 2.17. The van der Waals surface area contributed by atoms with Crippen LogP contribution in [0, 0.1) is 5.92 Å². The number of unbranched alkanes of at least 4 members (excludes halogenated alkanes) is 1. The van der Waals surface area contributed by atoms with E-state index in [2.05, 4.69) is 12.2 Å². The summed E-state index contributed by atoms with van der Waals surface area (Å²) in [5, 5.41) is 12.3. The minimum Gasteiger partial charge on any atom is -0.395 e. The van der Waals surface area contributed by atoms with E-state index in [0.717, 1.165) is 25.9 Å². The van der Waals surface area contributed by atoms with Gasteiger partial charge in [-0.3, -0.25) is 4.79 Å². The van der Waals surface area contributed by atoms with Crippen LogP contribution in [0.25, 0.3) is 0 Å². The summed E-state index contributed by atoms with van der Waals surface area (Å²) in [7, 11) is 0. The lowest BCUT2D eigenvalue weighted by atomic mass is 10.0. The second-order valence-corrected chi connectivity index (χ2v) is 4.71. The summed E-state index contributed by atoms with van der Waals surface area (Å²) in [5.41, 5.74) is 0. The molecule has 18 heavy (non-hydrogen) atoms. The molecule has 1 aliphatic rings. The van der Waals surface area contributed by atoms with Crippen molar-refractivity contribution in [3.05, 3.63) is 0 Å². The number of hydrogen-bond acceptors (Lipinski definition) is 4. The molecule has 2 atom stereocenters. The second kappa shape index (κ2) is 8.45. The Morgan fingerprint density at radius 2 is 2.17 bits per heavy atom. The Morgan fingerprint density at radius 3 is 2.78 bits per heavy atom. The average molecular weight is 258 g/mol. The van der Waals surface area contributed by atoms with Crippen LogP contribution in [0.5, 0.6) is 0 Å². The van der Waals surface area contributed by atoms with Gasteiger partial charge in [-0.15, -0.1) is 0 Å². The summed E-state index contributed by atoms with van der Waals surface area (Å²) in [6.45, 7) is 7.24. The van der Waals surface area contributed by atoms with Crippen LogP contribution in [0.1, 0.15) is 26.7 Å². The number of ether oxygens (including phenoxy) is 1. The van der Waals surface area contributed by atoms with E-state index in [9.17, 15) is 4.79 Å². The molecule has 1 aliphatic heterocycles. The van der Waals surface area contributed by atoms with Crippen molar-refractivity contribution in [2.75, 3.05) is 39.5 Å². The Hall–Kier alpha value is -0.650. The Balaban J connectivity index is 2.57. The van der Waals surface area contributed by atoms with E-state index in [0.29, 0.717) is 19.8 Å². The zero-order valence-corrected chi connectivity index (χ0v) is 11.5. The zero-order chi connectivity index (χ0) is 13.4. The maximum absolute atomic E-state index is 12.4. The third-order valence-corrected chi connectivity index (χ3v) is 3.33. The number of amides is 1. The quantitative estimate of drug-likeness (QED) is 0.654. The summed E-state index contributed by atoms with van der Waals surface area (Å²) in [4.78, 5) is 14.2. The molecule has 0 saturated carbocycles. The van der Waals surface area contributed by atoms with Crippen LogP contribution >= 0.6 is 0 Å². The molecule has 1 saturated heterocycles. The molecule has 1 heterocycles. The van der Waals surface area contributed by atoms with Crippen LogP contribution in [0.15, 0.2) is 0 Å². The SMILES string of the molecule is CCCCN(CCO)C(=O)C1COCC1NCC. The van der Waals surface area contributed by atoms with E-state index in [4.69, 9.17) is 9.84 Å². The van der Waals surface area contributed by atoms with Crippen molar-refractivity contribution in [1.82, 2.24) is 10.2 Å². The molecule has 0 radical (unpaired) electrons. The minimum absolute atomic E-state index is 0.0227. The molecule has 0 aromatic heterocycles. The van der Waals surface area contributed by atoms with E-state index in [1.807, 2.05) is 6.92 Å². The van der Waals surface area contributed by atoms with E-state index >= 15 is 0 Å². The van der Waals surface area contributed by atoms with Gasteiger partial charge in [0.1, 0.15) is 0 Å². The van der Waals surface area contributed by atoms with Gasteiger partial charge in [0.05, 0.1) is 25.7 Å². The summed E-state index contributed by atoms with van der Waals surface area (Å²) in [6, 6.07) is 0.116. The summed E-state index contributed by atoms with van der Waals surface area (Å²) in [5.74, 6) is 0.00862. The third-order valence-electron chi connectivity index (χ3n) is 3.33. The maximum atomic E-state index is 12.4. The molecule has 1 rings (SSSR count). The fourth-order valence-electron chi connectivity index (χ4n) is 2.30. The normalized spacial score (nSPS) is 23.3. The highest BCUT2D eigenvalue weighted by Gasteiger charge is 2.35. The summed E-state index contributed by atoms with van der Waals surface area (Å²) in [6.07, 6.45) is 2.03. The van der Waals surface area contributed by atoms with Crippen molar-refractivity contribution in [3.8, 4) is 0 Å². The number of nitrogens with one attached hydrogen (secondary N) is 1. The number of carbonyl (C=O) groups is 1. The van der Waals surface area contributed by atoms with Gasteiger partial charge < -0.3 is 20.1 Å². The lowest BCUT2D eigenvalue weighted by molar-refractivity contribution is -0.136. The number of carbonyl (C=O) groups excluding carboxylic acids is 1. The second-order valence-electron chi connectivity index (χ2n) is 4.71. The van der Waals surface area contributed by atoms with Gasteiger partial charge >= 0.3 is 0 Å². The topological polar surface area (TPSA) is 61.8 Å². The Kier molecular flexibility index (Phi) is 7.23. The van der Waals surface area contributed by atoms with Crippen molar-refractivity contribution in [1.29, 1.82) is 0 Å². The van der Waals surface area contributed by atoms with Crippen molar-refractivity contribution in [2.24, 2.45) is 5.92 Å². The monoisotopic (exact) mass is 258 g/mol. The first kappa shape index (κ1) is 15.4. The maximum Gasteiger partial charge on any atom is 0.229 e. The molecule has 5 nitrogen and oxygen atoms in total. The van der Waals surface area contributed by atoms with Crippen LogP contribution < -0.4 is 5.32 Å². The number of nitrogens with zero attached hydrogens (tertiary/aromatic N) is 1. The lowest BCUT2D eigenvalue weighted by Crippen LogP contribution is -2.46. The Morgan fingerprint density at radius 1 is 1.39 bits per heavy atom. The van der Waals surface area contributed by atoms with Crippen molar-refractivity contribution in [2.45, 2.75) is 32.7 Å². The number of hydrogen-bond donors (Lipinski definition) is 2. The van der Waals surface area contributed by atoms with Gasteiger partial charge in [0.2, 0.25) is 5.91 Å². The van der Waals surface area contributed by atoms with Crippen molar-refractivity contribution >= 4 is 5.91 Å². The smallest absolute Gasteiger partial charge is 0.229 e. The standard InChI is InChI=1S/C13H26N2O3/c1-3-5-6-15(7-8-16)13(17)11-9-18-10-12(11)14-4-2/h11-12,14,16H,3-10H2,1-2H3. The fraction of sp³-hybridized carbons (Fsp3) is 0.923. The summed E-state index contributed by atoms with van der Waals surface area (Å²) >= 11 is 0. The third kappa shape index (κ3) is 4.23. The molecule has 0 aromatic rings. The molecule has 0 bridgehead atoms. The van der Waals surface area contributed by atoms with E-state index in [-0.39, 0.29) is 24.5 Å². The number of aliphatic hydroxyl groups excluding tert-OH is 1. The predicted octanol–water partition coefficient (Wildman–Crippen LogP) is 0.232. The first-order chi connectivity index (χ1) is 8.74. The summed E-state index contributed by atoms with van der Waals surface area (Å²) < 4.78 is 5.40. The first-order valence-electron chi connectivity index (χ1n) is 6.95. The highest BCUT2D eigenvalue weighted by atomic mass is 16.5. The lowest BCUT2D eigenvalue weighted by Gasteiger charge is -2.27. The van der Waals surface area contributed by atoms with E-state index in [1.165, 1.54) is 0 Å². The molecule has 2 N–H and O–H groups in total. The van der Waals surface area contributed by atoms with Crippen LogP contribution in [0.3, 0.4) is 0 Å². The predicted molar refractivity (Wildman–Crippen MR) is 70.3 cm³/mol. The molecule has 5 heteroatoms. The van der Waals surface area contributed by atoms with E-state index in [1.54, 1.807) is 4.90 Å². The van der Waals surface area contributed by atoms with Gasteiger partial charge in [-0.1, -0.05) is 20.3 Å². The van der Waals surface area contributed by atoms with Crippen molar-refractivity contribution in [3.63, 3.8) is 0 Å². The van der Waals surface area contributed by atoms with Gasteiger partial charge in [0.15, 0.2) is 0 Å². The molecule has 2 unspecified atom stereocenters. The molecule has 0 aliphatic carbocycles. The molecular weight excluding hydrogens is 232 g/mol. The number of aliphatic hydroxyl groups is 1. The minimum atomic E-state index is -0.103.